The monoisotopic (exact) mass is 220 g/mol. The number of rotatable bonds is 2. The van der Waals surface area contributed by atoms with Crippen LogP contribution in [0.4, 0.5) is 0 Å². The van der Waals surface area contributed by atoms with Crippen molar-refractivity contribution in [3.8, 4) is 0 Å². The van der Waals surface area contributed by atoms with Gasteiger partial charge in [-0.25, -0.2) is 12.7 Å². The van der Waals surface area contributed by atoms with E-state index in [0.717, 1.165) is 6.42 Å². The Bertz CT molecular complexity index is 292. The Morgan fingerprint density at radius 2 is 2.00 bits per heavy atom. The lowest BCUT2D eigenvalue weighted by atomic mass is 9.87. The first kappa shape index (κ1) is 11.9. The van der Waals surface area contributed by atoms with E-state index in [1.54, 1.807) is 0 Å². The number of hydrogen-bond acceptors (Lipinski definition) is 3. The number of nitrogens with two attached hydrogens (primary N) is 1. The minimum absolute atomic E-state index is 0.0435. The minimum Gasteiger partial charge on any atom is -0.326 e. The van der Waals surface area contributed by atoms with Crippen molar-refractivity contribution in [2.24, 2.45) is 11.1 Å². The van der Waals surface area contributed by atoms with Gasteiger partial charge in [-0.1, -0.05) is 20.8 Å². The SMILES string of the molecule is CC(C)(C)[C@H](N)CN1CCCS1(=O)=O. The molecule has 1 fully saturated rings. The van der Waals surface area contributed by atoms with E-state index in [4.69, 9.17) is 5.73 Å². The predicted octanol–water partition coefficient (Wildman–Crippen LogP) is 0.395. The van der Waals surface area contributed by atoms with Crippen molar-refractivity contribution in [1.29, 1.82) is 0 Å². The Hall–Kier alpha value is -0.130. The number of sulfonamides is 1. The van der Waals surface area contributed by atoms with Crippen LogP contribution in [0.5, 0.6) is 0 Å². The third-order valence-electron chi connectivity index (χ3n) is 2.72. The maximum absolute atomic E-state index is 11.5. The molecule has 0 aromatic rings. The summed E-state index contributed by atoms with van der Waals surface area (Å²) >= 11 is 0. The fourth-order valence-corrected chi connectivity index (χ4v) is 2.94. The van der Waals surface area contributed by atoms with Gasteiger partial charge in [0.05, 0.1) is 5.75 Å². The second-order valence-electron chi connectivity index (χ2n) is 5.00. The van der Waals surface area contributed by atoms with Crippen LogP contribution in [0.1, 0.15) is 27.2 Å². The summed E-state index contributed by atoms with van der Waals surface area (Å²) in [4.78, 5) is 0. The highest BCUT2D eigenvalue weighted by molar-refractivity contribution is 7.89. The fourth-order valence-electron chi connectivity index (χ4n) is 1.39. The molecule has 5 heteroatoms. The van der Waals surface area contributed by atoms with Gasteiger partial charge in [0.25, 0.3) is 0 Å². The standard InChI is InChI=1S/C9H20N2O2S/c1-9(2,3)8(10)7-11-5-4-6-14(11,12)13/h8H,4-7,10H2,1-3H3/t8-/m1/s1. The van der Waals surface area contributed by atoms with Crippen LogP contribution in [0.2, 0.25) is 0 Å². The molecule has 0 saturated carbocycles. The molecule has 2 N–H and O–H groups in total. The Kier molecular flexibility index (Phi) is 3.23. The van der Waals surface area contributed by atoms with E-state index in [1.807, 2.05) is 20.8 Å². The smallest absolute Gasteiger partial charge is 0.214 e. The topological polar surface area (TPSA) is 63.4 Å². The van der Waals surface area contributed by atoms with Crippen molar-refractivity contribution in [1.82, 2.24) is 4.31 Å². The summed E-state index contributed by atoms with van der Waals surface area (Å²) in [7, 11) is -2.99. The molecule has 14 heavy (non-hydrogen) atoms. The molecular weight excluding hydrogens is 200 g/mol. The molecular formula is C9H20N2O2S. The van der Waals surface area contributed by atoms with E-state index >= 15 is 0 Å². The van der Waals surface area contributed by atoms with Crippen LogP contribution in [0.3, 0.4) is 0 Å². The lowest BCUT2D eigenvalue weighted by molar-refractivity contribution is 0.271. The molecule has 1 atom stereocenters. The van der Waals surface area contributed by atoms with E-state index in [9.17, 15) is 8.42 Å². The summed E-state index contributed by atoms with van der Waals surface area (Å²) in [6, 6.07) is -0.102. The Balaban J connectivity index is 2.62. The largest absolute Gasteiger partial charge is 0.326 e. The van der Waals surface area contributed by atoms with Gasteiger partial charge in [-0.2, -0.15) is 0 Å². The second kappa shape index (κ2) is 3.79. The highest BCUT2D eigenvalue weighted by atomic mass is 32.2. The molecule has 0 bridgehead atoms. The zero-order valence-electron chi connectivity index (χ0n) is 9.16. The Morgan fingerprint density at radius 3 is 2.36 bits per heavy atom. The van der Waals surface area contributed by atoms with Crippen molar-refractivity contribution >= 4 is 10.0 Å². The van der Waals surface area contributed by atoms with Crippen LogP contribution in [0.15, 0.2) is 0 Å². The lowest BCUT2D eigenvalue weighted by Crippen LogP contribution is -2.45. The summed E-state index contributed by atoms with van der Waals surface area (Å²) in [5, 5.41) is 0. The van der Waals surface area contributed by atoms with Crippen molar-refractivity contribution in [3.05, 3.63) is 0 Å². The Labute approximate surface area is 86.5 Å². The highest BCUT2D eigenvalue weighted by Crippen LogP contribution is 2.21. The molecule has 0 aromatic carbocycles. The maximum Gasteiger partial charge on any atom is 0.214 e. The molecule has 1 saturated heterocycles. The van der Waals surface area contributed by atoms with E-state index in [0.29, 0.717) is 13.1 Å². The molecule has 0 radical (unpaired) electrons. The first-order chi connectivity index (χ1) is 6.23. The molecule has 0 unspecified atom stereocenters. The van der Waals surface area contributed by atoms with Gasteiger partial charge in [-0.3, -0.25) is 0 Å². The zero-order valence-corrected chi connectivity index (χ0v) is 9.97. The van der Waals surface area contributed by atoms with E-state index < -0.39 is 10.0 Å². The lowest BCUT2D eigenvalue weighted by Gasteiger charge is -2.30. The average Bonchev–Trinajstić information content (AvgIpc) is 2.29. The molecule has 84 valence electrons. The van der Waals surface area contributed by atoms with Crippen molar-refractivity contribution in [3.63, 3.8) is 0 Å². The van der Waals surface area contributed by atoms with Crippen LogP contribution >= 0.6 is 0 Å². The molecule has 0 aromatic heterocycles. The van der Waals surface area contributed by atoms with Crippen LogP contribution in [0, 0.1) is 5.41 Å². The summed E-state index contributed by atoms with van der Waals surface area (Å²) in [5.41, 5.74) is 5.90. The molecule has 1 rings (SSSR count). The number of nitrogens with zero attached hydrogens (tertiary/aromatic N) is 1. The van der Waals surface area contributed by atoms with Gasteiger partial charge in [-0.15, -0.1) is 0 Å². The van der Waals surface area contributed by atoms with Crippen LogP contribution in [-0.2, 0) is 10.0 Å². The van der Waals surface area contributed by atoms with Gasteiger partial charge >= 0.3 is 0 Å². The summed E-state index contributed by atoms with van der Waals surface area (Å²) < 4.78 is 24.5. The molecule has 0 spiro atoms. The number of hydrogen-bond donors (Lipinski definition) is 1. The predicted molar refractivity (Wildman–Crippen MR) is 57.4 cm³/mol. The molecule has 0 aliphatic carbocycles. The van der Waals surface area contributed by atoms with E-state index in [1.165, 1.54) is 4.31 Å². The van der Waals surface area contributed by atoms with Gasteiger partial charge in [0.1, 0.15) is 0 Å². The first-order valence-electron chi connectivity index (χ1n) is 4.97. The summed E-state index contributed by atoms with van der Waals surface area (Å²) in [6.07, 6.45) is 0.735. The van der Waals surface area contributed by atoms with Crippen LogP contribution in [0.25, 0.3) is 0 Å². The van der Waals surface area contributed by atoms with E-state index in [-0.39, 0.29) is 17.2 Å². The molecule has 1 aliphatic rings. The molecule has 4 nitrogen and oxygen atoms in total. The van der Waals surface area contributed by atoms with E-state index in [2.05, 4.69) is 0 Å². The van der Waals surface area contributed by atoms with Crippen molar-refractivity contribution in [2.45, 2.75) is 33.2 Å². The van der Waals surface area contributed by atoms with Gasteiger partial charge in [0, 0.05) is 19.1 Å². The molecule has 0 amide bonds. The van der Waals surface area contributed by atoms with Crippen molar-refractivity contribution < 1.29 is 8.42 Å². The third kappa shape index (κ3) is 2.68. The van der Waals surface area contributed by atoms with Gasteiger partial charge in [-0.05, 0) is 11.8 Å². The average molecular weight is 220 g/mol. The molecule has 1 heterocycles. The van der Waals surface area contributed by atoms with Crippen molar-refractivity contribution in [2.75, 3.05) is 18.8 Å². The Morgan fingerprint density at radius 1 is 1.43 bits per heavy atom. The fraction of sp³-hybridized carbons (Fsp3) is 1.00. The van der Waals surface area contributed by atoms with Gasteiger partial charge in [0.15, 0.2) is 0 Å². The van der Waals surface area contributed by atoms with Gasteiger partial charge in [0.2, 0.25) is 10.0 Å². The quantitative estimate of drug-likeness (QED) is 0.732. The summed E-state index contributed by atoms with van der Waals surface area (Å²) in [6.45, 7) is 7.17. The summed E-state index contributed by atoms with van der Waals surface area (Å²) in [5.74, 6) is 0.282. The van der Waals surface area contributed by atoms with Gasteiger partial charge < -0.3 is 5.73 Å². The second-order valence-corrected chi connectivity index (χ2v) is 7.09. The van der Waals surface area contributed by atoms with Crippen LogP contribution < -0.4 is 5.73 Å². The maximum atomic E-state index is 11.5. The zero-order chi connectivity index (χ0) is 11.0. The van der Waals surface area contributed by atoms with Crippen LogP contribution in [-0.4, -0.2) is 37.6 Å². The normalized spacial score (nSPS) is 25.1. The highest BCUT2D eigenvalue weighted by Gasteiger charge is 2.32. The third-order valence-corrected chi connectivity index (χ3v) is 4.64. The minimum atomic E-state index is -2.99. The molecule has 1 aliphatic heterocycles. The first-order valence-corrected chi connectivity index (χ1v) is 6.58.